The molecule has 0 bridgehead atoms. The first-order valence-corrected chi connectivity index (χ1v) is 8.64. The lowest BCUT2D eigenvalue weighted by atomic mass is 10.1. The van der Waals surface area contributed by atoms with Crippen molar-refractivity contribution in [2.75, 3.05) is 7.11 Å². The number of furan rings is 2. The highest BCUT2D eigenvalue weighted by molar-refractivity contribution is 6.06. The highest BCUT2D eigenvalue weighted by atomic mass is 16.5. The molecule has 28 heavy (non-hydrogen) atoms. The van der Waals surface area contributed by atoms with Gasteiger partial charge in [0, 0.05) is 10.9 Å². The van der Waals surface area contributed by atoms with E-state index in [1.165, 1.54) is 13.2 Å². The van der Waals surface area contributed by atoms with Gasteiger partial charge < -0.3 is 13.6 Å². The average Bonchev–Trinajstić information content (AvgIpc) is 3.38. The molecule has 2 aromatic heterocycles. The van der Waals surface area contributed by atoms with Crippen molar-refractivity contribution in [3.8, 4) is 11.3 Å². The van der Waals surface area contributed by atoms with Gasteiger partial charge in [0.1, 0.15) is 17.1 Å². The van der Waals surface area contributed by atoms with Crippen LogP contribution in [0.4, 0.5) is 0 Å². The predicted octanol–water partition coefficient (Wildman–Crippen LogP) is 5.38. The van der Waals surface area contributed by atoms with Gasteiger partial charge in [0.05, 0.1) is 12.7 Å². The monoisotopic (exact) mass is 372 g/mol. The smallest absolute Gasteiger partial charge is 0.338 e. The van der Waals surface area contributed by atoms with Gasteiger partial charge in [-0.3, -0.25) is 4.79 Å². The molecule has 0 unspecified atom stereocenters. The molecule has 2 aromatic carbocycles. The first-order valence-electron chi connectivity index (χ1n) is 8.64. The van der Waals surface area contributed by atoms with Gasteiger partial charge in [0.2, 0.25) is 5.78 Å². The first-order chi connectivity index (χ1) is 13.7. The van der Waals surface area contributed by atoms with E-state index in [-0.39, 0.29) is 11.5 Å². The van der Waals surface area contributed by atoms with Crippen LogP contribution in [0.15, 0.2) is 81.6 Å². The molecule has 2 heterocycles. The highest BCUT2D eigenvalue weighted by Crippen LogP contribution is 2.27. The summed E-state index contributed by atoms with van der Waals surface area (Å²) < 4.78 is 16.1. The van der Waals surface area contributed by atoms with Gasteiger partial charge in [-0.1, -0.05) is 36.4 Å². The second kappa shape index (κ2) is 7.40. The molecule has 0 aliphatic carbocycles. The van der Waals surface area contributed by atoms with Gasteiger partial charge in [-0.25, -0.2) is 4.79 Å². The second-order valence-electron chi connectivity index (χ2n) is 6.09. The van der Waals surface area contributed by atoms with Gasteiger partial charge in [-0.15, -0.1) is 0 Å². The lowest BCUT2D eigenvalue weighted by Crippen LogP contribution is -2.02. The molecular weight excluding hydrogens is 356 g/mol. The number of benzene rings is 2. The maximum absolute atomic E-state index is 12.4. The van der Waals surface area contributed by atoms with Crippen LogP contribution in [0.1, 0.15) is 26.7 Å². The minimum Gasteiger partial charge on any atom is -0.465 e. The fraction of sp³-hybridized carbons (Fsp3) is 0.0435. The Morgan fingerprint density at radius 2 is 1.71 bits per heavy atom. The van der Waals surface area contributed by atoms with E-state index < -0.39 is 5.97 Å². The molecule has 0 saturated carbocycles. The normalized spacial score (nSPS) is 11.2. The fourth-order valence-corrected chi connectivity index (χ4v) is 2.92. The summed E-state index contributed by atoms with van der Waals surface area (Å²) in [6, 6.07) is 19.6. The van der Waals surface area contributed by atoms with Gasteiger partial charge in [0.15, 0.2) is 5.76 Å². The van der Waals surface area contributed by atoms with E-state index in [0.717, 1.165) is 5.39 Å². The largest absolute Gasteiger partial charge is 0.465 e. The molecule has 0 fully saturated rings. The summed E-state index contributed by atoms with van der Waals surface area (Å²) in [7, 11) is 1.33. The number of carbonyl (C=O) groups excluding carboxylic acids is 2. The van der Waals surface area contributed by atoms with Crippen molar-refractivity contribution >= 4 is 28.8 Å². The van der Waals surface area contributed by atoms with Crippen LogP contribution in [-0.2, 0) is 4.74 Å². The van der Waals surface area contributed by atoms with E-state index in [4.69, 9.17) is 13.6 Å². The van der Waals surface area contributed by atoms with Crippen LogP contribution >= 0.6 is 0 Å². The first kappa shape index (κ1) is 17.5. The van der Waals surface area contributed by atoms with Crippen LogP contribution in [0.25, 0.3) is 28.4 Å². The number of fused-ring (bicyclic) bond motifs is 1. The lowest BCUT2D eigenvalue weighted by molar-refractivity contribution is 0.0601. The number of esters is 1. The third-order valence-electron chi connectivity index (χ3n) is 4.29. The van der Waals surface area contributed by atoms with Crippen LogP contribution < -0.4 is 0 Å². The molecule has 0 aliphatic rings. The Morgan fingerprint density at radius 1 is 0.929 bits per heavy atom. The standard InChI is InChI=1S/C23H16O5/c1-26-23(25)18-8-4-3-7-17(18)21-13-11-16(27-21)10-12-19(24)22-14-15-6-2-5-9-20(15)28-22/h2-14H,1H3/b12-10+. The zero-order chi connectivity index (χ0) is 19.5. The summed E-state index contributed by atoms with van der Waals surface area (Å²) in [6.45, 7) is 0. The summed E-state index contributed by atoms with van der Waals surface area (Å²) in [5.41, 5.74) is 1.70. The number of para-hydroxylation sites is 1. The summed E-state index contributed by atoms with van der Waals surface area (Å²) in [4.78, 5) is 24.3. The van der Waals surface area contributed by atoms with Crippen LogP contribution in [-0.4, -0.2) is 18.9 Å². The molecule has 0 amide bonds. The number of methoxy groups -OCH3 is 1. The zero-order valence-corrected chi connectivity index (χ0v) is 15.0. The highest BCUT2D eigenvalue weighted by Gasteiger charge is 2.15. The topological polar surface area (TPSA) is 69.7 Å². The van der Waals surface area contributed by atoms with E-state index in [1.807, 2.05) is 30.3 Å². The van der Waals surface area contributed by atoms with Gasteiger partial charge >= 0.3 is 5.97 Å². The summed E-state index contributed by atoms with van der Waals surface area (Å²) in [5, 5.41) is 0.874. The van der Waals surface area contributed by atoms with Crippen molar-refractivity contribution in [3.05, 3.63) is 89.9 Å². The molecule has 0 spiro atoms. The molecule has 0 aliphatic heterocycles. The Kier molecular flexibility index (Phi) is 4.64. The Hall–Kier alpha value is -3.86. The van der Waals surface area contributed by atoms with E-state index in [0.29, 0.717) is 28.2 Å². The number of hydrogen-bond donors (Lipinski definition) is 0. The van der Waals surface area contributed by atoms with E-state index in [2.05, 4.69) is 0 Å². The van der Waals surface area contributed by atoms with Gasteiger partial charge in [-0.2, -0.15) is 0 Å². The second-order valence-corrected chi connectivity index (χ2v) is 6.09. The molecule has 5 heteroatoms. The van der Waals surface area contributed by atoms with Crippen molar-refractivity contribution in [2.24, 2.45) is 0 Å². The molecule has 0 N–H and O–H groups in total. The van der Waals surface area contributed by atoms with Crippen LogP contribution in [0, 0.1) is 0 Å². The molecular formula is C23H16O5. The maximum atomic E-state index is 12.4. The van der Waals surface area contributed by atoms with Crippen molar-refractivity contribution in [3.63, 3.8) is 0 Å². The third-order valence-corrected chi connectivity index (χ3v) is 4.29. The number of hydrogen-bond acceptors (Lipinski definition) is 5. The maximum Gasteiger partial charge on any atom is 0.338 e. The summed E-state index contributed by atoms with van der Waals surface area (Å²) >= 11 is 0. The Balaban J connectivity index is 1.57. The quantitative estimate of drug-likeness (QED) is 0.267. The molecule has 4 rings (SSSR count). The number of carbonyl (C=O) groups is 2. The molecule has 138 valence electrons. The van der Waals surface area contributed by atoms with Crippen molar-refractivity contribution < 1.29 is 23.2 Å². The molecule has 0 atom stereocenters. The minimum atomic E-state index is -0.441. The summed E-state index contributed by atoms with van der Waals surface area (Å²) in [5.74, 6) is 0.560. The molecule has 0 radical (unpaired) electrons. The Morgan fingerprint density at radius 3 is 2.54 bits per heavy atom. The van der Waals surface area contributed by atoms with Crippen LogP contribution in [0.3, 0.4) is 0 Å². The number of rotatable bonds is 5. The van der Waals surface area contributed by atoms with Crippen LogP contribution in [0.2, 0.25) is 0 Å². The number of allylic oxidation sites excluding steroid dienone is 1. The zero-order valence-electron chi connectivity index (χ0n) is 15.0. The lowest BCUT2D eigenvalue weighted by Gasteiger charge is -2.04. The third kappa shape index (κ3) is 3.38. The Bertz CT molecular complexity index is 1160. The van der Waals surface area contributed by atoms with Gasteiger partial charge in [0.25, 0.3) is 0 Å². The van der Waals surface area contributed by atoms with E-state index >= 15 is 0 Å². The SMILES string of the molecule is COC(=O)c1ccccc1-c1ccc(/C=C/C(=O)c2cc3ccccc3o2)o1. The molecule has 4 aromatic rings. The van der Waals surface area contributed by atoms with E-state index in [9.17, 15) is 9.59 Å². The fourth-order valence-electron chi connectivity index (χ4n) is 2.92. The molecule has 5 nitrogen and oxygen atoms in total. The minimum absolute atomic E-state index is 0.260. The molecule has 0 saturated heterocycles. The van der Waals surface area contributed by atoms with Gasteiger partial charge in [-0.05, 0) is 42.5 Å². The number of ether oxygens (including phenoxy) is 1. The van der Waals surface area contributed by atoms with Crippen molar-refractivity contribution in [2.45, 2.75) is 0 Å². The summed E-state index contributed by atoms with van der Waals surface area (Å²) in [6.07, 6.45) is 2.96. The average molecular weight is 372 g/mol. The predicted molar refractivity (Wildman–Crippen MR) is 105 cm³/mol. The number of ketones is 1. The Labute approximate surface area is 160 Å². The van der Waals surface area contributed by atoms with Crippen molar-refractivity contribution in [1.29, 1.82) is 0 Å². The van der Waals surface area contributed by atoms with E-state index in [1.54, 1.807) is 42.5 Å². The van der Waals surface area contributed by atoms with Crippen LogP contribution in [0.5, 0.6) is 0 Å². The van der Waals surface area contributed by atoms with Crippen molar-refractivity contribution in [1.82, 2.24) is 0 Å².